The molecule has 0 bridgehead atoms. The van der Waals surface area contributed by atoms with Gasteiger partial charge in [-0.15, -0.1) is 0 Å². The first-order valence-corrected chi connectivity index (χ1v) is 5.53. The number of imidazole rings is 1. The summed E-state index contributed by atoms with van der Waals surface area (Å²) in [6.07, 6.45) is 5.68. The van der Waals surface area contributed by atoms with Crippen molar-refractivity contribution in [1.82, 2.24) is 15.0 Å². The largest absolute Gasteiger partial charge is 0.337 e. The van der Waals surface area contributed by atoms with Gasteiger partial charge in [0.25, 0.3) is 0 Å². The van der Waals surface area contributed by atoms with E-state index in [1.54, 1.807) is 6.08 Å². The van der Waals surface area contributed by atoms with E-state index in [1.807, 2.05) is 44.2 Å². The van der Waals surface area contributed by atoms with Crippen molar-refractivity contribution in [3.05, 3.63) is 47.9 Å². The fourth-order valence-corrected chi connectivity index (χ4v) is 1.65. The van der Waals surface area contributed by atoms with Crippen molar-refractivity contribution in [2.75, 3.05) is 0 Å². The number of hydrogen-bond donors (Lipinski definition) is 1. The second-order valence-corrected chi connectivity index (χ2v) is 3.75. The zero-order chi connectivity index (χ0) is 12.3. The summed E-state index contributed by atoms with van der Waals surface area (Å²) < 4.78 is 0. The second kappa shape index (κ2) is 4.78. The molecule has 0 aliphatic carbocycles. The molecular formula is C14H15N3. The van der Waals surface area contributed by atoms with Crippen LogP contribution in [0, 0.1) is 6.92 Å². The molecule has 0 atom stereocenters. The van der Waals surface area contributed by atoms with Crippen LogP contribution in [0.4, 0.5) is 0 Å². The average molecular weight is 225 g/mol. The van der Waals surface area contributed by atoms with Crippen molar-refractivity contribution >= 4 is 12.2 Å². The number of nitrogens with one attached hydrogen (secondary N) is 1. The maximum absolute atomic E-state index is 4.47. The fourth-order valence-electron chi connectivity index (χ4n) is 1.65. The molecule has 0 amide bonds. The lowest BCUT2D eigenvalue weighted by Gasteiger charge is -1.96. The molecule has 0 radical (unpaired) electrons. The predicted octanol–water partition coefficient (Wildman–Crippen LogP) is 3.46. The summed E-state index contributed by atoms with van der Waals surface area (Å²) in [5, 5.41) is 0. The van der Waals surface area contributed by atoms with Gasteiger partial charge in [-0.1, -0.05) is 18.7 Å². The predicted molar refractivity (Wildman–Crippen MR) is 71.4 cm³/mol. The van der Waals surface area contributed by atoms with Crippen LogP contribution in [0.3, 0.4) is 0 Å². The Morgan fingerprint density at radius 2 is 2.12 bits per heavy atom. The summed E-state index contributed by atoms with van der Waals surface area (Å²) in [5.74, 6) is 0.775. The lowest BCUT2D eigenvalue weighted by atomic mass is 10.3. The van der Waals surface area contributed by atoms with Crippen LogP contribution in [0.2, 0.25) is 0 Å². The number of nitrogens with zero attached hydrogens (tertiary/aromatic N) is 2. The third-order valence-electron chi connectivity index (χ3n) is 2.42. The minimum atomic E-state index is 0.775. The van der Waals surface area contributed by atoms with Gasteiger partial charge < -0.3 is 4.98 Å². The van der Waals surface area contributed by atoms with Gasteiger partial charge in [-0.05, 0) is 38.1 Å². The highest BCUT2D eigenvalue weighted by Gasteiger charge is 2.08. The first kappa shape index (κ1) is 11.3. The standard InChI is InChI=1S/C14H15N3/c1-4-7-12-11(5-2)16-14(17-12)13-9-6-8-10(3)15-13/h4-9H,2H2,1,3H3,(H,16,17)/b7-4-. The Hall–Kier alpha value is -2.16. The van der Waals surface area contributed by atoms with Crippen LogP contribution in [-0.2, 0) is 0 Å². The molecule has 2 rings (SSSR count). The number of hydrogen-bond acceptors (Lipinski definition) is 2. The van der Waals surface area contributed by atoms with E-state index in [2.05, 4.69) is 21.5 Å². The third kappa shape index (κ3) is 2.33. The van der Waals surface area contributed by atoms with Gasteiger partial charge in [-0.2, -0.15) is 0 Å². The van der Waals surface area contributed by atoms with Crippen LogP contribution in [0.1, 0.15) is 24.0 Å². The quantitative estimate of drug-likeness (QED) is 0.869. The van der Waals surface area contributed by atoms with E-state index in [0.717, 1.165) is 28.6 Å². The van der Waals surface area contributed by atoms with Gasteiger partial charge in [0, 0.05) is 5.69 Å². The van der Waals surface area contributed by atoms with E-state index >= 15 is 0 Å². The molecule has 3 heteroatoms. The second-order valence-electron chi connectivity index (χ2n) is 3.75. The van der Waals surface area contributed by atoms with E-state index in [-0.39, 0.29) is 0 Å². The monoisotopic (exact) mass is 225 g/mol. The maximum atomic E-state index is 4.47. The van der Waals surface area contributed by atoms with Crippen LogP contribution < -0.4 is 0 Å². The lowest BCUT2D eigenvalue weighted by molar-refractivity contribution is 1.16. The van der Waals surface area contributed by atoms with Gasteiger partial charge in [0.1, 0.15) is 5.69 Å². The van der Waals surface area contributed by atoms with Gasteiger partial charge in [-0.25, -0.2) is 9.97 Å². The number of allylic oxidation sites excluding steroid dienone is 1. The van der Waals surface area contributed by atoms with Crippen molar-refractivity contribution < 1.29 is 0 Å². The SMILES string of the molecule is C=Cc1nc(-c2cccc(C)n2)[nH]c1/C=C\C. The molecule has 0 fully saturated rings. The number of aromatic amines is 1. The lowest BCUT2D eigenvalue weighted by Crippen LogP contribution is -1.87. The first-order chi connectivity index (χ1) is 8.24. The van der Waals surface area contributed by atoms with Crippen molar-refractivity contribution in [1.29, 1.82) is 0 Å². The number of rotatable bonds is 3. The number of H-pyrrole nitrogens is 1. The van der Waals surface area contributed by atoms with Gasteiger partial charge in [-0.3, -0.25) is 0 Å². The molecule has 0 unspecified atom stereocenters. The van der Waals surface area contributed by atoms with E-state index < -0.39 is 0 Å². The Bertz CT molecular complexity index is 565. The molecule has 0 saturated carbocycles. The Morgan fingerprint density at radius 1 is 1.29 bits per heavy atom. The number of aromatic nitrogens is 3. The van der Waals surface area contributed by atoms with Crippen LogP contribution in [-0.4, -0.2) is 15.0 Å². The van der Waals surface area contributed by atoms with Crippen LogP contribution >= 0.6 is 0 Å². The highest BCUT2D eigenvalue weighted by Crippen LogP contribution is 2.18. The van der Waals surface area contributed by atoms with Crippen LogP contribution in [0.25, 0.3) is 23.7 Å². The number of aryl methyl sites for hydroxylation is 1. The molecule has 2 heterocycles. The summed E-state index contributed by atoms with van der Waals surface area (Å²) in [4.78, 5) is 12.2. The molecular weight excluding hydrogens is 210 g/mol. The average Bonchev–Trinajstić information content (AvgIpc) is 2.73. The summed E-state index contributed by atoms with van der Waals surface area (Å²) in [6, 6.07) is 5.88. The summed E-state index contributed by atoms with van der Waals surface area (Å²) >= 11 is 0. The Balaban J connectivity index is 2.50. The summed E-state index contributed by atoms with van der Waals surface area (Å²) in [6.45, 7) is 7.70. The zero-order valence-electron chi connectivity index (χ0n) is 10.1. The minimum Gasteiger partial charge on any atom is -0.337 e. The van der Waals surface area contributed by atoms with Gasteiger partial charge in [0.15, 0.2) is 5.82 Å². The molecule has 0 aromatic carbocycles. The molecule has 3 nitrogen and oxygen atoms in total. The van der Waals surface area contributed by atoms with E-state index in [9.17, 15) is 0 Å². The summed E-state index contributed by atoms with van der Waals surface area (Å²) in [5.41, 5.74) is 3.64. The molecule has 17 heavy (non-hydrogen) atoms. The van der Waals surface area contributed by atoms with Crippen molar-refractivity contribution in [3.63, 3.8) is 0 Å². The normalized spacial score (nSPS) is 10.9. The third-order valence-corrected chi connectivity index (χ3v) is 2.42. The van der Waals surface area contributed by atoms with Crippen LogP contribution in [0.5, 0.6) is 0 Å². The topological polar surface area (TPSA) is 41.6 Å². The maximum Gasteiger partial charge on any atom is 0.157 e. The van der Waals surface area contributed by atoms with E-state index in [0.29, 0.717) is 0 Å². The molecule has 0 aliphatic heterocycles. The highest BCUT2D eigenvalue weighted by molar-refractivity contribution is 5.64. The van der Waals surface area contributed by atoms with Crippen molar-refractivity contribution in [3.8, 4) is 11.5 Å². The number of pyridine rings is 1. The molecule has 0 aliphatic rings. The Kier molecular flexibility index (Phi) is 3.19. The highest BCUT2D eigenvalue weighted by atomic mass is 15.0. The van der Waals surface area contributed by atoms with Crippen molar-refractivity contribution in [2.24, 2.45) is 0 Å². The van der Waals surface area contributed by atoms with E-state index in [1.165, 1.54) is 0 Å². The molecule has 1 N–H and O–H groups in total. The fraction of sp³-hybridized carbons (Fsp3) is 0.143. The summed E-state index contributed by atoms with van der Waals surface area (Å²) in [7, 11) is 0. The van der Waals surface area contributed by atoms with Crippen LogP contribution in [0.15, 0.2) is 30.9 Å². The van der Waals surface area contributed by atoms with Gasteiger partial charge in [0.2, 0.25) is 0 Å². The molecule has 0 spiro atoms. The molecule has 2 aromatic rings. The Labute approximate surface area is 101 Å². The first-order valence-electron chi connectivity index (χ1n) is 5.53. The molecule has 0 saturated heterocycles. The van der Waals surface area contributed by atoms with E-state index in [4.69, 9.17) is 0 Å². The molecule has 86 valence electrons. The van der Waals surface area contributed by atoms with Crippen molar-refractivity contribution in [2.45, 2.75) is 13.8 Å². The smallest absolute Gasteiger partial charge is 0.157 e. The Morgan fingerprint density at radius 3 is 2.76 bits per heavy atom. The van der Waals surface area contributed by atoms with Gasteiger partial charge in [0.05, 0.1) is 11.4 Å². The molecule has 2 aromatic heterocycles. The zero-order valence-corrected chi connectivity index (χ0v) is 10.1. The minimum absolute atomic E-state index is 0.775. The van der Waals surface area contributed by atoms with Gasteiger partial charge >= 0.3 is 0 Å².